The van der Waals surface area contributed by atoms with Crippen molar-refractivity contribution >= 4 is 23.2 Å². The summed E-state index contributed by atoms with van der Waals surface area (Å²) in [6, 6.07) is 8.63. The Kier molecular flexibility index (Phi) is 8.11. The molecule has 0 atom stereocenters. The Morgan fingerprint density at radius 2 is 1.81 bits per heavy atom. The second-order valence-electron chi connectivity index (χ2n) is 6.87. The van der Waals surface area contributed by atoms with Gasteiger partial charge in [0, 0.05) is 24.0 Å². The summed E-state index contributed by atoms with van der Waals surface area (Å²) in [7, 11) is 0. The van der Waals surface area contributed by atoms with Gasteiger partial charge in [0.25, 0.3) is 5.91 Å². The number of para-hydroxylation sites is 1. The van der Waals surface area contributed by atoms with Crippen LogP contribution in [0.4, 0.5) is 5.69 Å². The zero-order valence-electron chi connectivity index (χ0n) is 16.5. The summed E-state index contributed by atoms with van der Waals surface area (Å²) in [6.45, 7) is 7.04. The van der Waals surface area contributed by atoms with Crippen LogP contribution in [-0.2, 0) is 13.0 Å². The molecular formula is C22H29ClN2O2. The second kappa shape index (κ2) is 10.3. The highest BCUT2D eigenvalue weighted by Gasteiger charge is 2.20. The fourth-order valence-corrected chi connectivity index (χ4v) is 3.43. The Labute approximate surface area is 166 Å². The summed E-state index contributed by atoms with van der Waals surface area (Å²) in [4.78, 5) is 25.7. The van der Waals surface area contributed by atoms with Gasteiger partial charge in [-0.2, -0.15) is 0 Å². The fourth-order valence-electron chi connectivity index (χ4n) is 3.25. The molecule has 0 aliphatic rings. The third kappa shape index (κ3) is 5.46. The van der Waals surface area contributed by atoms with Crippen LogP contribution in [0.15, 0.2) is 35.1 Å². The minimum absolute atomic E-state index is 0.226. The van der Waals surface area contributed by atoms with E-state index in [0.717, 1.165) is 56.5 Å². The molecule has 2 aromatic rings. The number of aromatic nitrogens is 1. The quantitative estimate of drug-likeness (QED) is 0.569. The zero-order chi connectivity index (χ0) is 19.8. The van der Waals surface area contributed by atoms with Gasteiger partial charge in [0.05, 0.1) is 10.7 Å². The monoisotopic (exact) mass is 388 g/mol. The van der Waals surface area contributed by atoms with E-state index in [0.29, 0.717) is 10.7 Å². The van der Waals surface area contributed by atoms with Gasteiger partial charge in [0.2, 0.25) is 0 Å². The molecule has 0 saturated carbocycles. The minimum atomic E-state index is -0.384. The number of aryl methyl sites for hydroxylation is 1. The molecule has 0 bridgehead atoms. The van der Waals surface area contributed by atoms with Crippen LogP contribution in [0.2, 0.25) is 5.02 Å². The van der Waals surface area contributed by atoms with Gasteiger partial charge in [-0.15, -0.1) is 0 Å². The number of carbonyl (C=O) groups excluding carboxylic acids is 1. The summed E-state index contributed by atoms with van der Waals surface area (Å²) < 4.78 is 2.14. The van der Waals surface area contributed by atoms with E-state index in [2.05, 4.69) is 23.7 Å². The summed E-state index contributed by atoms with van der Waals surface area (Å²) in [5.41, 5.74) is 2.29. The molecule has 4 nitrogen and oxygen atoms in total. The number of benzene rings is 1. The molecule has 0 aliphatic carbocycles. The van der Waals surface area contributed by atoms with E-state index >= 15 is 0 Å². The van der Waals surface area contributed by atoms with Crippen LogP contribution in [0.1, 0.15) is 67.7 Å². The average molecular weight is 389 g/mol. The molecule has 0 unspecified atom stereocenters. The van der Waals surface area contributed by atoms with Crippen molar-refractivity contribution < 1.29 is 4.79 Å². The maximum Gasteiger partial charge on any atom is 0.261 e. The first kappa shape index (κ1) is 21.2. The fraction of sp³-hybridized carbons (Fsp3) is 0.455. The largest absolute Gasteiger partial charge is 0.348 e. The van der Waals surface area contributed by atoms with E-state index in [1.807, 2.05) is 6.92 Å². The predicted molar refractivity (Wildman–Crippen MR) is 113 cm³/mol. The zero-order valence-corrected chi connectivity index (χ0v) is 17.2. The van der Waals surface area contributed by atoms with Gasteiger partial charge in [0.15, 0.2) is 5.43 Å². The smallest absolute Gasteiger partial charge is 0.261 e. The van der Waals surface area contributed by atoms with E-state index in [-0.39, 0.29) is 16.9 Å². The number of pyridine rings is 1. The first-order valence-corrected chi connectivity index (χ1v) is 10.2. The number of anilines is 1. The molecule has 1 N–H and O–H groups in total. The molecule has 0 radical (unpaired) electrons. The number of carbonyl (C=O) groups is 1. The first-order valence-electron chi connectivity index (χ1n) is 9.78. The Balaban J connectivity index is 2.46. The number of hydrogen-bond acceptors (Lipinski definition) is 2. The third-order valence-electron chi connectivity index (χ3n) is 4.73. The molecule has 1 aromatic heterocycles. The molecule has 146 valence electrons. The topological polar surface area (TPSA) is 51.1 Å². The lowest BCUT2D eigenvalue weighted by molar-refractivity contribution is 0.102. The Bertz CT molecular complexity index is 843. The van der Waals surface area contributed by atoms with Gasteiger partial charge >= 0.3 is 0 Å². The Morgan fingerprint density at radius 3 is 2.48 bits per heavy atom. The van der Waals surface area contributed by atoms with E-state index in [4.69, 9.17) is 11.6 Å². The van der Waals surface area contributed by atoms with Crippen LogP contribution in [0.5, 0.6) is 0 Å². The van der Waals surface area contributed by atoms with Crippen molar-refractivity contribution in [2.24, 2.45) is 0 Å². The number of nitrogens with one attached hydrogen (secondary N) is 1. The van der Waals surface area contributed by atoms with E-state index in [1.165, 1.54) is 0 Å². The number of unbranched alkanes of at least 4 members (excludes halogenated alkanes) is 3. The number of halogens is 1. The van der Waals surface area contributed by atoms with Gasteiger partial charge in [0.1, 0.15) is 5.56 Å². The molecule has 1 heterocycles. The van der Waals surface area contributed by atoms with E-state index in [9.17, 15) is 9.59 Å². The van der Waals surface area contributed by atoms with Crippen LogP contribution in [0.25, 0.3) is 0 Å². The van der Waals surface area contributed by atoms with Crippen LogP contribution in [0, 0.1) is 6.92 Å². The van der Waals surface area contributed by atoms with Crippen LogP contribution >= 0.6 is 11.6 Å². The minimum Gasteiger partial charge on any atom is -0.348 e. The van der Waals surface area contributed by atoms with E-state index < -0.39 is 0 Å². The number of amides is 1. The van der Waals surface area contributed by atoms with Crippen molar-refractivity contribution in [3.05, 3.63) is 62.5 Å². The Hall–Kier alpha value is -2.07. The summed E-state index contributed by atoms with van der Waals surface area (Å²) in [6.07, 6.45) is 5.91. The molecule has 1 amide bonds. The van der Waals surface area contributed by atoms with E-state index in [1.54, 1.807) is 30.3 Å². The van der Waals surface area contributed by atoms with Crippen LogP contribution < -0.4 is 10.7 Å². The molecule has 0 spiro atoms. The molecule has 2 rings (SSSR count). The predicted octanol–water partition coefficient (Wildman–Crippen LogP) is 5.60. The maximum atomic E-state index is 13.0. The third-order valence-corrected chi connectivity index (χ3v) is 5.06. The average Bonchev–Trinajstić information content (AvgIpc) is 2.63. The van der Waals surface area contributed by atoms with Crippen molar-refractivity contribution in [3.8, 4) is 0 Å². The van der Waals surface area contributed by atoms with Crippen molar-refractivity contribution in [2.75, 3.05) is 5.32 Å². The molecule has 1 aromatic carbocycles. The molecule has 5 heteroatoms. The van der Waals surface area contributed by atoms with Gasteiger partial charge in [-0.1, -0.05) is 56.8 Å². The standard InChI is InChI=1S/C22H29ClN2O2/c1-4-6-8-13-19-21(20(26)15-16(3)25(19)14-7-5-2)22(27)24-18-12-10-9-11-17(18)23/h9-12,15H,4-8,13-14H2,1-3H3,(H,24,27). The van der Waals surface area contributed by atoms with Gasteiger partial charge < -0.3 is 9.88 Å². The van der Waals surface area contributed by atoms with Crippen molar-refractivity contribution in [3.63, 3.8) is 0 Å². The van der Waals surface area contributed by atoms with Gasteiger partial charge in [-0.05, 0) is 38.3 Å². The number of hydrogen-bond donors (Lipinski definition) is 1. The van der Waals surface area contributed by atoms with Gasteiger partial charge in [-0.25, -0.2) is 0 Å². The van der Waals surface area contributed by atoms with Gasteiger partial charge in [-0.3, -0.25) is 9.59 Å². The lowest BCUT2D eigenvalue weighted by Crippen LogP contribution is -2.28. The molecule has 27 heavy (non-hydrogen) atoms. The van der Waals surface area contributed by atoms with Crippen molar-refractivity contribution in [2.45, 2.75) is 65.8 Å². The molecular weight excluding hydrogens is 360 g/mol. The lowest BCUT2D eigenvalue weighted by atomic mass is 10.0. The number of nitrogens with zero attached hydrogens (tertiary/aromatic N) is 1. The lowest BCUT2D eigenvalue weighted by Gasteiger charge is -2.20. The summed E-state index contributed by atoms with van der Waals surface area (Å²) in [5.74, 6) is -0.384. The van der Waals surface area contributed by atoms with Crippen molar-refractivity contribution in [1.82, 2.24) is 4.57 Å². The Morgan fingerprint density at radius 1 is 1.11 bits per heavy atom. The SMILES string of the molecule is CCCCCc1c(C(=O)Nc2ccccc2Cl)c(=O)cc(C)n1CCCC. The normalized spacial score (nSPS) is 10.8. The van der Waals surface area contributed by atoms with Crippen molar-refractivity contribution in [1.29, 1.82) is 0 Å². The highest BCUT2D eigenvalue weighted by atomic mass is 35.5. The maximum absolute atomic E-state index is 13.0. The molecule has 0 saturated heterocycles. The highest BCUT2D eigenvalue weighted by molar-refractivity contribution is 6.33. The summed E-state index contributed by atoms with van der Waals surface area (Å²) in [5, 5.41) is 3.27. The highest BCUT2D eigenvalue weighted by Crippen LogP contribution is 2.22. The summed E-state index contributed by atoms with van der Waals surface area (Å²) >= 11 is 6.16. The first-order chi connectivity index (χ1) is 13.0. The molecule has 0 aliphatic heterocycles. The van der Waals surface area contributed by atoms with Crippen LogP contribution in [-0.4, -0.2) is 10.5 Å². The van der Waals surface area contributed by atoms with Crippen LogP contribution in [0.3, 0.4) is 0 Å². The molecule has 0 fully saturated rings. The second-order valence-corrected chi connectivity index (χ2v) is 7.28. The number of rotatable bonds is 9.